The first-order valence-corrected chi connectivity index (χ1v) is 11.5. The van der Waals surface area contributed by atoms with Crippen molar-refractivity contribution in [3.63, 3.8) is 0 Å². The van der Waals surface area contributed by atoms with E-state index in [0.29, 0.717) is 15.1 Å². The maximum absolute atomic E-state index is 12.5. The van der Waals surface area contributed by atoms with Crippen LogP contribution in [0.15, 0.2) is 87.1 Å². The predicted molar refractivity (Wildman–Crippen MR) is 126 cm³/mol. The molecule has 0 saturated carbocycles. The van der Waals surface area contributed by atoms with Crippen LogP contribution in [0.5, 0.6) is 0 Å². The number of amidine groups is 1. The predicted octanol–water partition coefficient (Wildman–Crippen LogP) is 6.22. The molecule has 30 heavy (non-hydrogen) atoms. The molecule has 0 radical (unpaired) electrons. The van der Waals surface area contributed by atoms with Gasteiger partial charge in [-0.25, -0.2) is 5.01 Å². The smallest absolute Gasteiger partial charge is 0.266 e. The molecular formula is C23H16ClN3OS2. The Balaban J connectivity index is 1.49. The summed E-state index contributed by atoms with van der Waals surface area (Å²) in [5, 5.41) is 10.0. The maximum Gasteiger partial charge on any atom is 0.286 e. The minimum atomic E-state index is -0.221. The van der Waals surface area contributed by atoms with E-state index >= 15 is 0 Å². The number of nitrogens with zero attached hydrogens (tertiary/aromatic N) is 3. The van der Waals surface area contributed by atoms with Gasteiger partial charge in [-0.2, -0.15) is 10.1 Å². The Morgan fingerprint density at radius 1 is 1.03 bits per heavy atom. The third-order valence-electron chi connectivity index (χ3n) is 4.89. The normalized spacial score (nSPS) is 20.0. The van der Waals surface area contributed by atoms with E-state index in [4.69, 9.17) is 16.7 Å². The summed E-state index contributed by atoms with van der Waals surface area (Å²) in [6.45, 7) is 0. The van der Waals surface area contributed by atoms with Crippen LogP contribution in [-0.4, -0.2) is 21.8 Å². The van der Waals surface area contributed by atoms with Gasteiger partial charge in [0, 0.05) is 16.3 Å². The summed E-state index contributed by atoms with van der Waals surface area (Å²) in [4.78, 5) is 18.5. The highest BCUT2D eigenvalue weighted by atomic mass is 35.5. The average molecular weight is 450 g/mol. The Labute approximate surface area is 187 Å². The lowest BCUT2D eigenvalue weighted by Crippen LogP contribution is -2.23. The fraction of sp³-hybridized carbons (Fsp3) is 0.0870. The lowest BCUT2D eigenvalue weighted by atomic mass is 9.99. The average Bonchev–Trinajstić information content (AvgIpc) is 3.50. The van der Waals surface area contributed by atoms with Crippen molar-refractivity contribution in [1.82, 2.24) is 5.01 Å². The summed E-state index contributed by atoms with van der Waals surface area (Å²) in [5.74, 6) is -0.221. The second-order valence-electron chi connectivity index (χ2n) is 6.85. The topological polar surface area (TPSA) is 45.0 Å². The number of carbonyl (C=O) groups is 1. The van der Waals surface area contributed by atoms with Gasteiger partial charge in [-0.15, -0.1) is 11.3 Å². The van der Waals surface area contributed by atoms with E-state index in [1.165, 1.54) is 11.8 Å². The second-order valence-corrected chi connectivity index (χ2v) is 9.28. The molecule has 0 saturated heterocycles. The molecule has 1 unspecified atom stereocenters. The number of carbonyl (C=O) groups excluding carboxylic acids is 1. The molecule has 2 aromatic carbocycles. The van der Waals surface area contributed by atoms with Crippen LogP contribution in [0.4, 0.5) is 0 Å². The molecule has 2 aliphatic heterocycles. The van der Waals surface area contributed by atoms with E-state index in [1.807, 2.05) is 71.1 Å². The van der Waals surface area contributed by atoms with Crippen LogP contribution < -0.4 is 0 Å². The summed E-state index contributed by atoms with van der Waals surface area (Å²) in [5.41, 5.74) is 3.13. The molecule has 0 aliphatic carbocycles. The van der Waals surface area contributed by atoms with Gasteiger partial charge in [0.2, 0.25) is 0 Å². The number of halogens is 1. The van der Waals surface area contributed by atoms with Gasteiger partial charge in [0.15, 0.2) is 5.17 Å². The zero-order valence-corrected chi connectivity index (χ0v) is 18.1. The van der Waals surface area contributed by atoms with Gasteiger partial charge >= 0.3 is 0 Å². The lowest BCUT2D eigenvalue weighted by molar-refractivity contribution is -0.113. The lowest BCUT2D eigenvalue weighted by Gasteiger charge is -2.22. The Morgan fingerprint density at radius 2 is 1.83 bits per heavy atom. The minimum Gasteiger partial charge on any atom is -0.266 e. The molecular weight excluding hydrogens is 434 g/mol. The number of hydrogen-bond acceptors (Lipinski definition) is 5. The zero-order valence-electron chi connectivity index (χ0n) is 15.7. The van der Waals surface area contributed by atoms with Gasteiger partial charge in [0.1, 0.15) is 0 Å². The Morgan fingerprint density at radius 3 is 2.57 bits per heavy atom. The molecule has 3 aromatic rings. The minimum absolute atomic E-state index is 0.0439. The molecule has 0 spiro atoms. The fourth-order valence-corrected chi connectivity index (χ4v) is 5.20. The van der Waals surface area contributed by atoms with Gasteiger partial charge in [-0.3, -0.25) is 4.79 Å². The summed E-state index contributed by atoms with van der Waals surface area (Å²) in [6.07, 6.45) is 2.62. The van der Waals surface area contributed by atoms with Crippen molar-refractivity contribution in [2.45, 2.75) is 12.5 Å². The van der Waals surface area contributed by atoms with Crippen LogP contribution in [0, 0.1) is 0 Å². The molecule has 3 heterocycles. The summed E-state index contributed by atoms with van der Waals surface area (Å²) >= 11 is 9.06. The molecule has 2 aliphatic rings. The molecule has 0 N–H and O–H groups in total. The summed E-state index contributed by atoms with van der Waals surface area (Å²) in [7, 11) is 0. The van der Waals surface area contributed by atoms with Crippen molar-refractivity contribution in [2.24, 2.45) is 10.1 Å². The molecule has 148 valence electrons. The number of hydrogen-bond donors (Lipinski definition) is 0. The summed E-state index contributed by atoms with van der Waals surface area (Å²) in [6, 6.07) is 21.8. The number of rotatable bonds is 3. The highest BCUT2D eigenvalue weighted by Gasteiger charge is 2.36. The van der Waals surface area contributed by atoms with Crippen LogP contribution in [-0.2, 0) is 4.79 Å². The van der Waals surface area contributed by atoms with Crippen LogP contribution >= 0.6 is 34.7 Å². The largest absolute Gasteiger partial charge is 0.286 e. The number of benzene rings is 2. The van der Waals surface area contributed by atoms with E-state index in [2.05, 4.69) is 17.1 Å². The third kappa shape index (κ3) is 3.86. The van der Waals surface area contributed by atoms with E-state index in [-0.39, 0.29) is 11.9 Å². The van der Waals surface area contributed by atoms with Crippen molar-refractivity contribution < 1.29 is 4.79 Å². The quantitative estimate of drug-likeness (QED) is 0.445. The molecule has 4 nitrogen and oxygen atoms in total. The zero-order chi connectivity index (χ0) is 20.5. The first kappa shape index (κ1) is 19.3. The second kappa shape index (κ2) is 8.22. The number of hydrazone groups is 1. The third-order valence-corrected chi connectivity index (χ3v) is 6.94. The standard InChI is InChI=1S/C23H16ClN3OS2/c24-17-10-8-16(9-11-17)20-14-19(15-5-2-1-3-6-15)26-27(20)23-25-22(28)21(30-23)13-18-7-4-12-29-18/h1-13,20H,14H2/b21-13-. The molecule has 0 bridgehead atoms. The van der Waals surface area contributed by atoms with Crippen molar-refractivity contribution in [3.8, 4) is 0 Å². The number of thiophene rings is 1. The van der Waals surface area contributed by atoms with Crippen molar-refractivity contribution in [3.05, 3.63) is 98.0 Å². The van der Waals surface area contributed by atoms with E-state index in [0.717, 1.165) is 28.1 Å². The highest BCUT2D eigenvalue weighted by molar-refractivity contribution is 8.18. The van der Waals surface area contributed by atoms with Crippen LogP contribution in [0.25, 0.3) is 6.08 Å². The van der Waals surface area contributed by atoms with Gasteiger partial charge in [-0.1, -0.05) is 60.1 Å². The molecule has 1 amide bonds. The van der Waals surface area contributed by atoms with E-state index in [9.17, 15) is 4.79 Å². The van der Waals surface area contributed by atoms with Crippen molar-refractivity contribution in [2.75, 3.05) is 0 Å². The Kier molecular flexibility index (Phi) is 5.29. The molecule has 7 heteroatoms. The molecule has 0 fully saturated rings. The number of amides is 1. The van der Waals surface area contributed by atoms with Gasteiger partial charge in [0.25, 0.3) is 5.91 Å². The van der Waals surface area contributed by atoms with E-state index in [1.54, 1.807) is 11.3 Å². The monoisotopic (exact) mass is 449 g/mol. The number of aliphatic imine (C=N–C) groups is 1. The van der Waals surface area contributed by atoms with Gasteiger partial charge in [0.05, 0.1) is 16.7 Å². The van der Waals surface area contributed by atoms with Crippen molar-refractivity contribution in [1.29, 1.82) is 0 Å². The first-order valence-electron chi connectivity index (χ1n) is 9.41. The molecule has 1 aromatic heterocycles. The van der Waals surface area contributed by atoms with E-state index < -0.39 is 0 Å². The SMILES string of the molecule is O=C1N=C(N2N=C(c3ccccc3)CC2c2ccc(Cl)cc2)S/C1=C\c1cccs1. The summed E-state index contributed by atoms with van der Waals surface area (Å²) < 4.78 is 0. The van der Waals surface area contributed by atoms with Crippen LogP contribution in [0.2, 0.25) is 5.02 Å². The van der Waals surface area contributed by atoms with Crippen molar-refractivity contribution >= 4 is 57.6 Å². The fourth-order valence-electron chi connectivity index (χ4n) is 3.43. The van der Waals surface area contributed by atoms with Crippen LogP contribution in [0.1, 0.15) is 28.5 Å². The molecule has 1 atom stereocenters. The van der Waals surface area contributed by atoms with Crippen LogP contribution in [0.3, 0.4) is 0 Å². The number of thioether (sulfide) groups is 1. The Hall–Kier alpha value is -2.67. The van der Waals surface area contributed by atoms with Gasteiger partial charge < -0.3 is 0 Å². The first-order chi connectivity index (χ1) is 14.7. The highest BCUT2D eigenvalue weighted by Crippen LogP contribution is 2.40. The Bertz CT molecular complexity index is 1170. The van der Waals surface area contributed by atoms with Gasteiger partial charge in [-0.05, 0) is 52.5 Å². The maximum atomic E-state index is 12.5. The molecule has 5 rings (SSSR count).